The number of hydrogen-bond donors (Lipinski definition) is 2. The van der Waals surface area contributed by atoms with E-state index in [1.54, 1.807) is 27.7 Å². The van der Waals surface area contributed by atoms with Gasteiger partial charge in [0, 0.05) is 17.7 Å². The molecule has 4 rings (SSSR count). The number of ether oxygens (including phenoxy) is 9. The van der Waals surface area contributed by atoms with E-state index in [0.29, 0.717) is 23.3 Å². The highest BCUT2D eigenvalue weighted by atomic mass is 16.7. The number of aldehydes is 1. The van der Waals surface area contributed by atoms with Crippen LogP contribution in [0.15, 0.2) is 12.1 Å². The Balaban J connectivity index is 1.59. The number of methoxy groups -OCH3 is 2. The maximum Gasteiger partial charge on any atom is 0.408 e. The van der Waals surface area contributed by atoms with Gasteiger partial charge >= 0.3 is 12.1 Å². The second-order valence-electron chi connectivity index (χ2n) is 9.88. The highest BCUT2D eigenvalue weighted by Crippen LogP contribution is 2.47. The third-order valence-electron chi connectivity index (χ3n) is 5.86. The first-order valence-electron chi connectivity index (χ1n) is 12.4. The number of hydrogen-bond acceptors (Lipinski definition) is 13. The number of esters is 1. The molecule has 2 aromatic rings. The molecule has 0 aliphatic carbocycles. The first-order valence-corrected chi connectivity index (χ1v) is 12.4. The van der Waals surface area contributed by atoms with E-state index in [1.165, 1.54) is 26.4 Å². The van der Waals surface area contributed by atoms with Crippen molar-refractivity contribution in [1.82, 2.24) is 5.32 Å². The van der Waals surface area contributed by atoms with Crippen molar-refractivity contribution in [3.8, 4) is 46.0 Å². The predicted molar refractivity (Wildman–Crippen MR) is 138 cm³/mol. The molecule has 2 unspecified atom stereocenters. The average molecular weight is 578 g/mol. The minimum absolute atomic E-state index is 0.00270. The van der Waals surface area contributed by atoms with Crippen molar-refractivity contribution in [2.24, 2.45) is 0 Å². The monoisotopic (exact) mass is 577 g/mol. The lowest BCUT2D eigenvalue weighted by Crippen LogP contribution is -2.49. The molecule has 2 aliphatic rings. The summed E-state index contributed by atoms with van der Waals surface area (Å²) >= 11 is 0. The lowest BCUT2D eigenvalue weighted by molar-refractivity contribution is -0.137. The Labute approximate surface area is 235 Å². The number of nitrogens with one attached hydrogen (secondary N) is 1. The van der Waals surface area contributed by atoms with E-state index in [4.69, 9.17) is 42.6 Å². The van der Waals surface area contributed by atoms with Gasteiger partial charge in [-0.05, 0) is 27.7 Å². The average Bonchev–Trinajstić information content (AvgIpc) is 3.56. The number of fused-ring (bicyclic) bond motifs is 2. The molecule has 41 heavy (non-hydrogen) atoms. The van der Waals surface area contributed by atoms with Gasteiger partial charge in [-0.25, -0.2) is 4.79 Å². The second kappa shape index (κ2) is 11.9. The van der Waals surface area contributed by atoms with Crippen molar-refractivity contribution >= 4 is 18.3 Å². The summed E-state index contributed by atoms with van der Waals surface area (Å²) in [6, 6.07) is 1.39. The lowest BCUT2D eigenvalue weighted by atomic mass is 10.1. The first-order chi connectivity index (χ1) is 19.4. The number of carbonyl (C=O) groups is 3. The van der Waals surface area contributed by atoms with E-state index in [-0.39, 0.29) is 53.6 Å². The molecule has 0 aromatic heterocycles. The summed E-state index contributed by atoms with van der Waals surface area (Å²) in [4.78, 5) is 37.5. The van der Waals surface area contributed by atoms with Crippen molar-refractivity contribution < 1.29 is 62.1 Å². The normalized spacial score (nSPS) is 14.5. The molecule has 0 spiro atoms. The highest BCUT2D eigenvalue weighted by molar-refractivity contribution is 5.88. The Hall–Kier alpha value is -4.59. The van der Waals surface area contributed by atoms with E-state index < -0.39 is 36.4 Å². The van der Waals surface area contributed by atoms with Crippen LogP contribution in [0.1, 0.15) is 43.1 Å². The summed E-state index contributed by atoms with van der Waals surface area (Å²) < 4.78 is 48.7. The van der Waals surface area contributed by atoms with Crippen molar-refractivity contribution in [2.45, 2.75) is 52.0 Å². The molecule has 0 bridgehead atoms. The number of carbonyl (C=O) groups excluding carboxylic acids is 3. The van der Waals surface area contributed by atoms with Crippen LogP contribution in [0.5, 0.6) is 46.0 Å². The van der Waals surface area contributed by atoms with Crippen LogP contribution in [0.2, 0.25) is 0 Å². The van der Waals surface area contributed by atoms with E-state index >= 15 is 0 Å². The zero-order chi connectivity index (χ0) is 29.9. The minimum atomic E-state index is -1.86. The van der Waals surface area contributed by atoms with Crippen LogP contribution in [-0.2, 0) is 9.53 Å². The molecule has 2 aliphatic heterocycles. The molecule has 1 amide bonds. The smallest absolute Gasteiger partial charge is 0.408 e. The molecule has 0 saturated heterocycles. The zero-order valence-electron chi connectivity index (χ0n) is 23.4. The van der Waals surface area contributed by atoms with E-state index in [2.05, 4.69) is 5.32 Å². The van der Waals surface area contributed by atoms with Gasteiger partial charge in [0.1, 0.15) is 17.2 Å². The Morgan fingerprint density at radius 1 is 1.00 bits per heavy atom. The quantitative estimate of drug-likeness (QED) is 0.183. The Bertz CT molecular complexity index is 1330. The number of aliphatic hydroxyl groups is 1. The second-order valence-corrected chi connectivity index (χ2v) is 9.88. The number of benzene rings is 2. The van der Waals surface area contributed by atoms with Gasteiger partial charge in [-0.3, -0.25) is 9.59 Å². The Kier molecular flexibility index (Phi) is 8.52. The summed E-state index contributed by atoms with van der Waals surface area (Å²) in [7, 11) is 2.69. The summed E-state index contributed by atoms with van der Waals surface area (Å²) in [6.07, 6.45) is -2.88. The fourth-order valence-corrected chi connectivity index (χ4v) is 4.16. The van der Waals surface area contributed by atoms with Gasteiger partial charge in [-0.1, -0.05) is 0 Å². The van der Waals surface area contributed by atoms with E-state index in [1.807, 2.05) is 0 Å². The molecular formula is C27H31NO13. The van der Waals surface area contributed by atoms with Crippen LogP contribution in [-0.4, -0.2) is 69.2 Å². The predicted octanol–water partition coefficient (Wildman–Crippen LogP) is 2.87. The molecule has 2 heterocycles. The van der Waals surface area contributed by atoms with Crippen LogP contribution in [0.25, 0.3) is 0 Å². The van der Waals surface area contributed by atoms with Crippen LogP contribution in [0.3, 0.4) is 0 Å². The maximum absolute atomic E-state index is 13.1. The van der Waals surface area contributed by atoms with Crippen molar-refractivity contribution in [1.29, 1.82) is 0 Å². The van der Waals surface area contributed by atoms with Gasteiger partial charge in [0.25, 0.3) is 0 Å². The minimum Gasteiger partial charge on any atom is -0.492 e. The van der Waals surface area contributed by atoms with Gasteiger partial charge in [0.15, 0.2) is 52.3 Å². The molecule has 2 N–H and O–H groups in total. The van der Waals surface area contributed by atoms with Crippen LogP contribution < -0.4 is 43.2 Å². The third-order valence-corrected chi connectivity index (χ3v) is 5.86. The van der Waals surface area contributed by atoms with Crippen molar-refractivity contribution in [3.05, 3.63) is 23.3 Å². The number of alkyl carbamates (subject to hydrolysis) is 1. The van der Waals surface area contributed by atoms with Gasteiger partial charge in [-0.2, -0.15) is 0 Å². The zero-order valence-corrected chi connectivity index (χ0v) is 23.4. The van der Waals surface area contributed by atoms with E-state index in [9.17, 15) is 19.5 Å². The molecule has 0 radical (unpaired) electrons. The van der Waals surface area contributed by atoms with Crippen molar-refractivity contribution in [3.63, 3.8) is 0 Å². The van der Waals surface area contributed by atoms with Crippen LogP contribution in [0.4, 0.5) is 4.79 Å². The number of amides is 1. The SMILES string of the molecule is COc1c(OC(=O)CC(NC(=O)OC(C)(C)C)C(O)Oc2cc3c(c(C=O)c2OC)OCO3)cc2c(c1C)OCO2. The number of aliphatic hydroxyl groups excluding tert-OH is 1. The van der Waals surface area contributed by atoms with Crippen LogP contribution >= 0.6 is 0 Å². The van der Waals surface area contributed by atoms with Crippen molar-refractivity contribution in [2.75, 3.05) is 27.8 Å². The molecule has 0 saturated carbocycles. The molecule has 2 aromatic carbocycles. The van der Waals surface area contributed by atoms with Gasteiger partial charge in [-0.15, -0.1) is 0 Å². The van der Waals surface area contributed by atoms with Gasteiger partial charge in [0.05, 0.1) is 20.6 Å². The van der Waals surface area contributed by atoms with Crippen LogP contribution in [0, 0.1) is 6.92 Å². The summed E-state index contributed by atoms with van der Waals surface area (Å²) in [6.45, 7) is 6.51. The molecule has 2 atom stereocenters. The summed E-state index contributed by atoms with van der Waals surface area (Å²) in [5.41, 5.74) is -0.332. The Morgan fingerprint density at radius 2 is 1.61 bits per heavy atom. The summed E-state index contributed by atoms with van der Waals surface area (Å²) in [5, 5.41) is 13.5. The first kappa shape index (κ1) is 29.4. The summed E-state index contributed by atoms with van der Waals surface area (Å²) in [5.74, 6) is 0.403. The third kappa shape index (κ3) is 6.43. The molecule has 222 valence electrons. The van der Waals surface area contributed by atoms with Gasteiger partial charge in [0.2, 0.25) is 19.9 Å². The van der Waals surface area contributed by atoms with Gasteiger partial charge < -0.3 is 53.1 Å². The topological polar surface area (TPSA) is 167 Å². The molecule has 14 nitrogen and oxygen atoms in total. The molecule has 14 heteroatoms. The number of rotatable bonds is 10. The standard InChI is InChI=1S/C27H31NO13/c1-13-21(33-5)18(8-16-22(13)37-11-35-16)39-20(30)7-15(28-26(32)41-27(2,3)4)25(31)40-19-9-17-24(38-12-36-17)14(10-29)23(19)34-6/h8-10,15,25,31H,7,11-12H2,1-6H3,(H,28,32). The largest absolute Gasteiger partial charge is 0.492 e. The maximum atomic E-state index is 13.1. The Morgan fingerprint density at radius 3 is 2.22 bits per heavy atom. The fourth-order valence-electron chi connectivity index (χ4n) is 4.16. The fraction of sp³-hybridized carbons (Fsp3) is 0.444. The van der Waals surface area contributed by atoms with E-state index in [0.717, 1.165) is 0 Å². The lowest BCUT2D eigenvalue weighted by Gasteiger charge is -2.27. The molecule has 0 fully saturated rings. The highest BCUT2D eigenvalue weighted by Gasteiger charge is 2.33. The molecular weight excluding hydrogens is 546 g/mol.